The van der Waals surface area contributed by atoms with E-state index < -0.39 is 5.97 Å². The number of aromatic hydroxyl groups is 1. The molecule has 1 aromatic carbocycles. The van der Waals surface area contributed by atoms with Gasteiger partial charge in [0, 0.05) is 5.56 Å². The first-order valence-electron chi connectivity index (χ1n) is 7.34. The average molecular weight is 288 g/mol. The van der Waals surface area contributed by atoms with Gasteiger partial charge in [-0.2, -0.15) is 0 Å². The molecule has 4 nitrogen and oxygen atoms in total. The average Bonchev–Trinajstić information content (AvgIpc) is 3.11. The number of ether oxygens (including phenoxy) is 2. The van der Waals surface area contributed by atoms with Crippen LogP contribution >= 0.6 is 0 Å². The molecule has 1 aromatic rings. The molecule has 1 aliphatic heterocycles. The molecule has 21 heavy (non-hydrogen) atoms. The molecule has 1 aliphatic carbocycles. The minimum absolute atomic E-state index is 0.00634. The van der Waals surface area contributed by atoms with E-state index in [1.165, 1.54) is 18.4 Å². The number of hydrogen-bond donors (Lipinski definition) is 1. The summed E-state index contributed by atoms with van der Waals surface area (Å²) in [4.78, 5) is 11.9. The number of rotatable bonds is 2. The summed E-state index contributed by atoms with van der Waals surface area (Å²) >= 11 is 0. The maximum atomic E-state index is 11.9. The Labute approximate surface area is 124 Å². The lowest BCUT2D eigenvalue weighted by Crippen LogP contribution is -2.03. The zero-order chi connectivity index (χ0) is 15.1. The molecule has 0 bridgehead atoms. The first kappa shape index (κ1) is 14.0. The Morgan fingerprint density at radius 2 is 1.95 bits per heavy atom. The van der Waals surface area contributed by atoms with Gasteiger partial charge in [0.1, 0.15) is 23.7 Å². The Hall–Kier alpha value is -1.97. The lowest BCUT2D eigenvalue weighted by molar-refractivity contribution is 0.0533. The van der Waals surface area contributed by atoms with Gasteiger partial charge in [-0.05, 0) is 50.7 Å². The van der Waals surface area contributed by atoms with Crippen LogP contribution in [-0.2, 0) is 11.3 Å². The van der Waals surface area contributed by atoms with E-state index >= 15 is 0 Å². The van der Waals surface area contributed by atoms with Gasteiger partial charge < -0.3 is 14.6 Å². The van der Waals surface area contributed by atoms with Gasteiger partial charge in [-0.15, -0.1) is 0 Å². The molecule has 2 aliphatic rings. The van der Waals surface area contributed by atoms with Gasteiger partial charge >= 0.3 is 5.97 Å². The number of benzene rings is 1. The van der Waals surface area contributed by atoms with Gasteiger partial charge in [0.05, 0.1) is 12.7 Å². The van der Waals surface area contributed by atoms with Crippen LogP contribution < -0.4 is 4.74 Å². The quantitative estimate of drug-likeness (QED) is 0.842. The van der Waals surface area contributed by atoms with Crippen molar-refractivity contribution in [1.29, 1.82) is 0 Å². The van der Waals surface area contributed by atoms with Gasteiger partial charge in [0.2, 0.25) is 0 Å². The van der Waals surface area contributed by atoms with E-state index in [0.717, 1.165) is 29.5 Å². The molecule has 0 aromatic heterocycles. The Morgan fingerprint density at radius 3 is 2.57 bits per heavy atom. The van der Waals surface area contributed by atoms with Crippen molar-refractivity contribution in [1.82, 2.24) is 0 Å². The molecular formula is C17H20O4. The van der Waals surface area contributed by atoms with Gasteiger partial charge in [0.25, 0.3) is 0 Å². The predicted molar refractivity (Wildman–Crippen MR) is 79.6 cm³/mol. The summed E-state index contributed by atoms with van der Waals surface area (Å²) in [6, 6.07) is 0. The number of phenolic OH excluding ortho intramolecular Hbond substituents is 1. The van der Waals surface area contributed by atoms with Crippen molar-refractivity contribution in [2.75, 3.05) is 7.11 Å². The topological polar surface area (TPSA) is 55.8 Å². The smallest absolute Gasteiger partial charge is 0.342 e. The second-order valence-electron chi connectivity index (χ2n) is 5.75. The minimum atomic E-state index is -0.446. The van der Waals surface area contributed by atoms with Crippen LogP contribution in [0.1, 0.15) is 59.7 Å². The molecule has 0 atom stereocenters. The fourth-order valence-electron chi connectivity index (χ4n) is 3.45. The van der Waals surface area contributed by atoms with E-state index in [-0.39, 0.29) is 12.4 Å². The number of esters is 1. The Kier molecular flexibility index (Phi) is 3.40. The Balaban J connectivity index is 2.30. The van der Waals surface area contributed by atoms with Crippen molar-refractivity contribution in [2.24, 2.45) is 0 Å². The molecule has 4 heteroatoms. The summed E-state index contributed by atoms with van der Waals surface area (Å²) in [5, 5.41) is 10.6. The van der Waals surface area contributed by atoms with Gasteiger partial charge in [-0.25, -0.2) is 4.79 Å². The number of hydrogen-bond acceptors (Lipinski definition) is 4. The summed E-state index contributed by atoms with van der Waals surface area (Å²) in [6.45, 7) is 4.12. The largest absolute Gasteiger partial charge is 0.506 e. The summed E-state index contributed by atoms with van der Waals surface area (Å²) in [5.74, 6) is 0.215. The van der Waals surface area contributed by atoms with Crippen molar-refractivity contribution in [3.8, 4) is 11.5 Å². The number of cyclic esters (lactones) is 1. The SMILES string of the molecule is COc1c(C)c2c(c(O)c1C(C)=C1CCCC1)C(=O)OC2. The van der Waals surface area contributed by atoms with E-state index in [2.05, 4.69) is 0 Å². The van der Waals surface area contributed by atoms with Crippen molar-refractivity contribution < 1.29 is 19.4 Å². The molecule has 1 fully saturated rings. The Bertz CT molecular complexity index is 647. The lowest BCUT2D eigenvalue weighted by Gasteiger charge is -2.18. The molecule has 1 heterocycles. The second-order valence-corrected chi connectivity index (χ2v) is 5.75. The lowest BCUT2D eigenvalue weighted by atomic mass is 9.91. The highest BCUT2D eigenvalue weighted by molar-refractivity contribution is 6.00. The molecule has 0 spiro atoms. The molecular weight excluding hydrogens is 268 g/mol. The van der Waals surface area contributed by atoms with Crippen LogP contribution in [0.4, 0.5) is 0 Å². The third-order valence-electron chi connectivity index (χ3n) is 4.66. The normalized spacial score (nSPS) is 16.9. The van der Waals surface area contributed by atoms with Gasteiger partial charge in [-0.1, -0.05) is 5.57 Å². The number of allylic oxidation sites excluding steroid dienone is 2. The maximum absolute atomic E-state index is 11.9. The summed E-state index contributed by atoms with van der Waals surface area (Å²) in [5.41, 5.74) is 4.96. The highest BCUT2D eigenvalue weighted by atomic mass is 16.5. The van der Waals surface area contributed by atoms with Crippen LogP contribution in [0.15, 0.2) is 5.57 Å². The first-order chi connectivity index (χ1) is 10.1. The number of fused-ring (bicyclic) bond motifs is 1. The van der Waals surface area contributed by atoms with Crippen LogP contribution in [-0.4, -0.2) is 18.2 Å². The van der Waals surface area contributed by atoms with E-state index in [1.54, 1.807) is 7.11 Å². The molecule has 1 saturated carbocycles. The number of phenols is 1. The third kappa shape index (κ3) is 2.01. The van der Waals surface area contributed by atoms with Crippen LogP contribution in [0.2, 0.25) is 0 Å². The Morgan fingerprint density at radius 1 is 1.29 bits per heavy atom. The van der Waals surface area contributed by atoms with E-state index in [0.29, 0.717) is 16.9 Å². The number of methoxy groups -OCH3 is 1. The summed E-state index contributed by atoms with van der Waals surface area (Å²) in [7, 11) is 1.60. The van der Waals surface area contributed by atoms with Crippen LogP contribution in [0.3, 0.4) is 0 Å². The van der Waals surface area contributed by atoms with Crippen molar-refractivity contribution in [3.63, 3.8) is 0 Å². The molecule has 1 N–H and O–H groups in total. The molecule has 112 valence electrons. The standard InChI is InChI=1S/C17H20O4/c1-9(11-6-4-5-7-11)13-15(18)14-12(8-21-17(14)19)10(2)16(13)20-3/h18H,4-8H2,1-3H3. The zero-order valence-electron chi connectivity index (χ0n) is 12.7. The highest BCUT2D eigenvalue weighted by Gasteiger charge is 2.33. The fourth-order valence-corrected chi connectivity index (χ4v) is 3.45. The maximum Gasteiger partial charge on any atom is 0.342 e. The second kappa shape index (κ2) is 5.10. The van der Waals surface area contributed by atoms with Crippen molar-refractivity contribution in [3.05, 3.63) is 27.8 Å². The number of carbonyl (C=O) groups excluding carboxylic acids is 1. The van der Waals surface area contributed by atoms with Crippen molar-refractivity contribution in [2.45, 2.75) is 46.1 Å². The van der Waals surface area contributed by atoms with Crippen molar-refractivity contribution >= 4 is 11.5 Å². The van der Waals surface area contributed by atoms with Gasteiger partial charge in [-0.3, -0.25) is 0 Å². The van der Waals surface area contributed by atoms with Crippen LogP contribution in [0, 0.1) is 6.92 Å². The number of carbonyl (C=O) groups is 1. The van der Waals surface area contributed by atoms with Crippen LogP contribution in [0.25, 0.3) is 5.57 Å². The zero-order valence-corrected chi connectivity index (χ0v) is 12.7. The van der Waals surface area contributed by atoms with E-state index in [1.807, 2.05) is 13.8 Å². The van der Waals surface area contributed by atoms with Crippen LogP contribution in [0.5, 0.6) is 11.5 Å². The molecule has 0 unspecified atom stereocenters. The molecule has 3 rings (SSSR count). The third-order valence-corrected chi connectivity index (χ3v) is 4.66. The predicted octanol–water partition coefficient (Wildman–Crippen LogP) is 3.73. The summed E-state index contributed by atoms with van der Waals surface area (Å²) in [6.07, 6.45) is 4.47. The first-order valence-corrected chi connectivity index (χ1v) is 7.34. The van der Waals surface area contributed by atoms with E-state index in [4.69, 9.17) is 9.47 Å². The summed E-state index contributed by atoms with van der Waals surface area (Å²) < 4.78 is 10.6. The fraction of sp³-hybridized carbons (Fsp3) is 0.471. The molecule has 0 radical (unpaired) electrons. The highest BCUT2D eigenvalue weighted by Crippen LogP contribution is 2.46. The monoisotopic (exact) mass is 288 g/mol. The van der Waals surface area contributed by atoms with E-state index in [9.17, 15) is 9.90 Å². The molecule has 0 amide bonds. The van der Waals surface area contributed by atoms with Gasteiger partial charge in [0.15, 0.2) is 0 Å². The minimum Gasteiger partial charge on any atom is -0.506 e. The molecule has 0 saturated heterocycles.